The van der Waals surface area contributed by atoms with Gasteiger partial charge in [-0.25, -0.2) is 9.59 Å². The van der Waals surface area contributed by atoms with Gasteiger partial charge >= 0.3 is 11.9 Å². The number of esters is 2. The zero-order chi connectivity index (χ0) is 42.9. The highest BCUT2D eigenvalue weighted by molar-refractivity contribution is 5.98. The molecule has 2 aromatic rings. The first kappa shape index (κ1) is 45.8. The topological polar surface area (TPSA) is 184 Å². The van der Waals surface area contributed by atoms with Gasteiger partial charge in [0.05, 0.1) is 12.2 Å². The van der Waals surface area contributed by atoms with Gasteiger partial charge in [0.25, 0.3) is 0 Å². The van der Waals surface area contributed by atoms with Crippen molar-refractivity contribution in [2.24, 2.45) is 11.8 Å². The SMILES string of the molecule is COCOc1cc(C)cc2c1C(=O)O[C@@H](C)[C@H](C)/C=C\C(=O)[C@H]1OC(C)(C)O[C@H]1CC=C2.Cc1cc(O)c2c(c1)C=CC[C@H](O)[C@H](O)C(=O)/C=C\[C@@H](C)[C@H](C)OC2=O. The van der Waals surface area contributed by atoms with Crippen molar-refractivity contribution in [3.05, 3.63) is 94.1 Å². The Hall–Kier alpha value is -4.92. The summed E-state index contributed by atoms with van der Waals surface area (Å²) in [4.78, 5) is 50.4. The number of ketones is 2. The van der Waals surface area contributed by atoms with E-state index in [1.807, 2.05) is 32.1 Å². The quantitative estimate of drug-likeness (QED) is 0.230. The molecule has 8 atom stereocenters. The smallest absolute Gasteiger partial charge is 0.342 e. The maximum Gasteiger partial charge on any atom is 0.342 e. The molecule has 3 aliphatic rings. The third-order valence-electron chi connectivity index (χ3n) is 9.97. The van der Waals surface area contributed by atoms with Gasteiger partial charge in [-0.15, -0.1) is 0 Å². The molecule has 0 spiro atoms. The number of carbonyl (C=O) groups excluding carboxylic acids is 4. The highest BCUT2D eigenvalue weighted by Crippen LogP contribution is 2.33. The molecule has 314 valence electrons. The van der Waals surface area contributed by atoms with E-state index in [0.29, 0.717) is 28.9 Å². The number of aliphatic hydroxyl groups excluding tert-OH is 2. The maximum absolute atomic E-state index is 13.1. The van der Waals surface area contributed by atoms with E-state index in [4.69, 9.17) is 28.4 Å². The summed E-state index contributed by atoms with van der Waals surface area (Å²) in [6.45, 7) is 14.4. The van der Waals surface area contributed by atoms with Gasteiger partial charge in [-0.2, -0.15) is 0 Å². The largest absolute Gasteiger partial charge is 0.507 e. The Balaban J connectivity index is 0.000000262. The Labute approximate surface area is 339 Å². The number of methoxy groups -OCH3 is 1. The zero-order valence-corrected chi connectivity index (χ0v) is 34.6. The van der Waals surface area contributed by atoms with Crippen molar-refractivity contribution in [3.63, 3.8) is 0 Å². The molecule has 1 saturated heterocycles. The third kappa shape index (κ3) is 12.1. The Morgan fingerprint density at radius 3 is 1.86 bits per heavy atom. The highest BCUT2D eigenvalue weighted by Gasteiger charge is 2.43. The first-order chi connectivity index (χ1) is 27.3. The second-order valence-corrected chi connectivity index (χ2v) is 15.4. The van der Waals surface area contributed by atoms with Gasteiger partial charge in [-0.3, -0.25) is 9.59 Å². The lowest BCUT2D eigenvalue weighted by molar-refractivity contribution is -0.152. The number of fused-ring (bicyclic) bond motifs is 3. The second kappa shape index (κ2) is 20.2. The van der Waals surface area contributed by atoms with E-state index in [1.165, 1.54) is 37.5 Å². The van der Waals surface area contributed by atoms with Crippen molar-refractivity contribution in [1.29, 1.82) is 0 Å². The van der Waals surface area contributed by atoms with E-state index in [1.54, 1.807) is 65.8 Å². The number of phenolic OH excluding ortho intramolecular Hbond substituents is 1. The van der Waals surface area contributed by atoms with Crippen LogP contribution in [0, 0.1) is 25.7 Å². The number of phenols is 1. The van der Waals surface area contributed by atoms with Crippen LogP contribution < -0.4 is 4.74 Å². The molecule has 0 aromatic heterocycles. The van der Waals surface area contributed by atoms with Crippen LogP contribution in [0.15, 0.2) is 60.7 Å². The summed E-state index contributed by atoms with van der Waals surface area (Å²) in [5.41, 5.74) is 3.15. The molecule has 3 heterocycles. The van der Waals surface area contributed by atoms with Crippen molar-refractivity contribution in [2.75, 3.05) is 13.9 Å². The van der Waals surface area contributed by atoms with Crippen LogP contribution in [0.1, 0.15) is 97.4 Å². The van der Waals surface area contributed by atoms with Gasteiger partial charge in [0.1, 0.15) is 47.0 Å². The van der Waals surface area contributed by atoms with Crippen LogP contribution in [0.5, 0.6) is 11.5 Å². The number of aryl methyl sites for hydroxylation is 2. The molecule has 5 rings (SSSR count). The van der Waals surface area contributed by atoms with Gasteiger partial charge in [0, 0.05) is 18.9 Å². The average Bonchev–Trinajstić information content (AvgIpc) is 3.47. The molecule has 0 unspecified atom stereocenters. The van der Waals surface area contributed by atoms with Crippen molar-refractivity contribution in [3.8, 4) is 11.5 Å². The Morgan fingerprint density at radius 1 is 0.724 bits per heavy atom. The predicted octanol–water partition coefficient (Wildman–Crippen LogP) is 6.37. The Morgan fingerprint density at radius 2 is 1.26 bits per heavy atom. The molecule has 0 aliphatic carbocycles. The number of rotatable bonds is 3. The van der Waals surface area contributed by atoms with Crippen LogP contribution in [-0.4, -0.2) is 95.1 Å². The minimum Gasteiger partial charge on any atom is -0.507 e. The molecule has 0 amide bonds. The summed E-state index contributed by atoms with van der Waals surface area (Å²) in [6.07, 6.45) is 8.24. The van der Waals surface area contributed by atoms with Gasteiger partial charge in [0.15, 0.2) is 24.1 Å². The van der Waals surface area contributed by atoms with Gasteiger partial charge in [-0.05, 0) is 101 Å². The lowest BCUT2D eigenvalue weighted by Crippen LogP contribution is -2.32. The fraction of sp³-hybridized carbons (Fsp3) is 0.467. The zero-order valence-electron chi connectivity index (χ0n) is 34.6. The van der Waals surface area contributed by atoms with Crippen LogP contribution in [0.3, 0.4) is 0 Å². The Bertz CT molecular complexity index is 1940. The van der Waals surface area contributed by atoms with E-state index < -0.39 is 60.1 Å². The number of hydrogen-bond donors (Lipinski definition) is 3. The first-order valence-electron chi connectivity index (χ1n) is 19.3. The molecular formula is C45H56O13. The summed E-state index contributed by atoms with van der Waals surface area (Å²) in [5.74, 6) is -3.07. The number of benzene rings is 2. The van der Waals surface area contributed by atoms with Gasteiger partial charge in [0.2, 0.25) is 0 Å². The molecule has 3 N–H and O–H groups in total. The second-order valence-electron chi connectivity index (χ2n) is 15.4. The molecule has 1 fully saturated rings. The molecule has 2 aromatic carbocycles. The Kier molecular flexibility index (Phi) is 15.9. The van der Waals surface area contributed by atoms with Gasteiger partial charge in [-0.1, -0.05) is 62.4 Å². The molecule has 13 nitrogen and oxygen atoms in total. The maximum atomic E-state index is 13.1. The van der Waals surface area contributed by atoms with Crippen LogP contribution in [0.4, 0.5) is 0 Å². The predicted molar refractivity (Wildman–Crippen MR) is 216 cm³/mol. The minimum atomic E-state index is -1.53. The molecule has 13 heteroatoms. The molecular weight excluding hydrogens is 748 g/mol. The summed E-state index contributed by atoms with van der Waals surface area (Å²) in [6, 6.07) is 6.86. The van der Waals surface area contributed by atoms with Crippen molar-refractivity contribution in [2.45, 2.75) is 111 Å². The van der Waals surface area contributed by atoms with Crippen molar-refractivity contribution >= 4 is 35.7 Å². The third-order valence-corrected chi connectivity index (χ3v) is 9.97. The van der Waals surface area contributed by atoms with E-state index >= 15 is 0 Å². The summed E-state index contributed by atoms with van der Waals surface area (Å²) < 4.78 is 33.7. The van der Waals surface area contributed by atoms with Crippen molar-refractivity contribution < 1.29 is 62.9 Å². The lowest BCUT2D eigenvalue weighted by atomic mass is 9.99. The van der Waals surface area contributed by atoms with Crippen LogP contribution in [-0.2, 0) is 33.3 Å². The number of aromatic hydroxyl groups is 1. The number of aliphatic hydroxyl groups is 2. The molecule has 0 radical (unpaired) electrons. The molecule has 3 aliphatic heterocycles. The highest BCUT2D eigenvalue weighted by atomic mass is 16.8. The fourth-order valence-corrected chi connectivity index (χ4v) is 6.42. The fourth-order valence-electron chi connectivity index (χ4n) is 6.42. The van der Waals surface area contributed by atoms with E-state index in [0.717, 1.165) is 11.1 Å². The standard InChI is InChI=1S/C25H32O7.C20H24O6/c1-15-12-18-8-7-9-20-23(32-25(4,5)31-20)19(26)11-10-16(2)17(3)30-24(27)22(18)21(13-15)29-14-28-6;1-11-9-14-5-4-6-15(21)19(24)16(22)8-7-12(2)13(3)26-20(25)18(14)17(23)10-11/h7-8,10-13,16-17,20,23H,9,14H2,1-6H3;4-5,7-10,12-13,15,19,21,23-24H,6H2,1-3H3/b8-7?,11-10-;5-4?,8-7-/t16-,17+,20+,23-;12-,13+,15+,19+/m11/s1. The van der Waals surface area contributed by atoms with E-state index in [-0.39, 0.29) is 42.1 Å². The van der Waals surface area contributed by atoms with Crippen LogP contribution >= 0.6 is 0 Å². The molecule has 0 saturated carbocycles. The average molecular weight is 805 g/mol. The molecule has 0 bridgehead atoms. The minimum absolute atomic E-state index is 0.00765. The molecule has 58 heavy (non-hydrogen) atoms. The monoisotopic (exact) mass is 804 g/mol. The van der Waals surface area contributed by atoms with Gasteiger partial charge < -0.3 is 43.7 Å². The van der Waals surface area contributed by atoms with E-state index in [9.17, 15) is 34.5 Å². The first-order valence-corrected chi connectivity index (χ1v) is 19.3. The lowest BCUT2D eigenvalue weighted by Gasteiger charge is -2.21. The normalized spacial score (nSPS) is 28.9. The number of ether oxygens (including phenoxy) is 6. The van der Waals surface area contributed by atoms with Crippen LogP contribution in [0.2, 0.25) is 0 Å². The van der Waals surface area contributed by atoms with Crippen LogP contribution in [0.25, 0.3) is 12.2 Å². The van der Waals surface area contributed by atoms with E-state index in [2.05, 4.69) is 0 Å². The summed E-state index contributed by atoms with van der Waals surface area (Å²) in [7, 11) is 1.52. The number of hydrogen-bond acceptors (Lipinski definition) is 13. The number of cyclic esters (lactones) is 2. The van der Waals surface area contributed by atoms with Crippen molar-refractivity contribution in [1.82, 2.24) is 0 Å². The number of carbonyl (C=O) groups is 4. The summed E-state index contributed by atoms with van der Waals surface area (Å²) in [5, 5.41) is 30.1. The summed E-state index contributed by atoms with van der Waals surface area (Å²) >= 11 is 0.